The van der Waals surface area contributed by atoms with Gasteiger partial charge in [0.1, 0.15) is 11.4 Å². The molecule has 0 aromatic heterocycles. The summed E-state index contributed by atoms with van der Waals surface area (Å²) in [5, 5.41) is 9.66. The van der Waals surface area contributed by atoms with E-state index in [0.717, 1.165) is 28.1 Å². The molecule has 5 heteroatoms. The van der Waals surface area contributed by atoms with Crippen molar-refractivity contribution in [3.8, 4) is 22.8 Å². The van der Waals surface area contributed by atoms with E-state index in [2.05, 4.69) is 4.98 Å². The van der Waals surface area contributed by atoms with Crippen LogP contribution in [-0.4, -0.2) is 19.6 Å². The first-order valence-electron chi connectivity index (χ1n) is 10.8. The van der Waals surface area contributed by atoms with Crippen LogP contribution in [0.1, 0.15) is 28.1 Å². The molecule has 2 N–H and O–H groups in total. The maximum atomic E-state index is 13.3. The van der Waals surface area contributed by atoms with Gasteiger partial charge in [-0.15, -0.1) is 0 Å². The molecule has 0 saturated heterocycles. The number of H-pyrrole nitrogens is 1. The van der Waals surface area contributed by atoms with Crippen LogP contribution in [0.4, 0.5) is 0 Å². The summed E-state index contributed by atoms with van der Waals surface area (Å²) in [6, 6.07) is 25.0. The van der Waals surface area contributed by atoms with Crippen molar-refractivity contribution < 1.29 is 5.11 Å². The largest absolute Gasteiger partial charge is 0.508 e. The highest BCUT2D eigenvalue weighted by Crippen LogP contribution is 2.25. The molecule has 0 atom stereocenters. The lowest BCUT2D eigenvalue weighted by molar-refractivity contribution is 0.475. The number of fused-ring (bicyclic) bond motifs is 1. The minimum atomic E-state index is -0.131. The third-order valence-corrected chi connectivity index (χ3v) is 5.62. The summed E-state index contributed by atoms with van der Waals surface area (Å²) in [4.78, 5) is 21.4. The molecule has 2 aliphatic rings. The Morgan fingerprint density at radius 2 is 1.67 bits per heavy atom. The van der Waals surface area contributed by atoms with Crippen molar-refractivity contribution in [3.05, 3.63) is 123 Å². The van der Waals surface area contributed by atoms with Gasteiger partial charge >= 0.3 is 0 Å². The van der Waals surface area contributed by atoms with Gasteiger partial charge in [-0.2, -0.15) is 0 Å². The number of nitrogens with zero attached hydrogens (tertiary/aromatic N) is 2. The number of hydrogen-bond donors (Lipinski definition) is 2. The molecule has 0 radical (unpaired) electrons. The predicted molar refractivity (Wildman–Crippen MR) is 132 cm³/mol. The quantitative estimate of drug-likeness (QED) is 0.388. The normalized spacial score (nSPS) is 11.4. The minimum Gasteiger partial charge on any atom is -0.508 e. The summed E-state index contributed by atoms with van der Waals surface area (Å²) in [5.74, 6) is 0.772. The van der Waals surface area contributed by atoms with Crippen LogP contribution in [0, 0.1) is 6.92 Å². The Morgan fingerprint density at radius 3 is 2.39 bits per heavy atom. The summed E-state index contributed by atoms with van der Waals surface area (Å²) in [5.41, 5.74) is 6.00. The highest BCUT2D eigenvalue weighted by Gasteiger charge is 2.19. The second-order valence-corrected chi connectivity index (χ2v) is 8.09. The maximum Gasteiger partial charge on any atom is 0.278 e. The first-order valence-corrected chi connectivity index (χ1v) is 10.8. The van der Waals surface area contributed by atoms with E-state index in [4.69, 9.17) is 4.98 Å². The zero-order valence-corrected chi connectivity index (χ0v) is 18.2. The first kappa shape index (κ1) is 20.5. The molecule has 0 saturated carbocycles. The Bertz CT molecular complexity index is 1440. The molecule has 0 unspecified atom stereocenters. The Kier molecular flexibility index (Phi) is 5.37. The highest BCUT2D eigenvalue weighted by atomic mass is 16.3. The number of phenolic OH excluding ortho intramolecular Hbond substituents is 1. The summed E-state index contributed by atoms with van der Waals surface area (Å²) in [6.07, 6.45) is 6.18. The number of imidazole rings is 1. The topological polar surface area (TPSA) is 70.9 Å². The van der Waals surface area contributed by atoms with Gasteiger partial charge in [0.2, 0.25) is 0 Å². The van der Waals surface area contributed by atoms with E-state index in [1.54, 1.807) is 22.9 Å². The number of aromatic nitrogens is 3. The fourth-order valence-corrected chi connectivity index (χ4v) is 3.80. The molecule has 0 spiro atoms. The van der Waals surface area contributed by atoms with Crippen LogP contribution in [-0.2, 0) is 6.42 Å². The lowest BCUT2D eigenvalue weighted by atomic mass is 10.1. The van der Waals surface area contributed by atoms with Gasteiger partial charge in [0, 0.05) is 12.6 Å². The van der Waals surface area contributed by atoms with Gasteiger partial charge in [-0.1, -0.05) is 66.2 Å². The van der Waals surface area contributed by atoms with Gasteiger partial charge in [-0.25, -0.2) is 4.98 Å². The monoisotopic (exact) mass is 433 g/mol. The van der Waals surface area contributed by atoms with E-state index in [-0.39, 0.29) is 11.3 Å². The summed E-state index contributed by atoms with van der Waals surface area (Å²) in [6.45, 7) is 2.04. The summed E-state index contributed by atoms with van der Waals surface area (Å²) in [7, 11) is 0. The highest BCUT2D eigenvalue weighted by molar-refractivity contribution is 5.73. The fourth-order valence-electron chi connectivity index (χ4n) is 3.80. The van der Waals surface area contributed by atoms with Gasteiger partial charge in [0.15, 0.2) is 5.82 Å². The third kappa shape index (κ3) is 4.34. The first-order chi connectivity index (χ1) is 16.1. The number of benzene rings is 3. The molecule has 0 amide bonds. The molecular weight excluding hydrogens is 410 g/mol. The Morgan fingerprint density at radius 1 is 0.939 bits per heavy atom. The molecule has 2 aliphatic heterocycles. The van der Waals surface area contributed by atoms with Crippen molar-refractivity contribution in [2.24, 2.45) is 0 Å². The average molecular weight is 434 g/mol. The van der Waals surface area contributed by atoms with Crippen LogP contribution in [0.2, 0.25) is 0 Å². The maximum absolute atomic E-state index is 13.3. The van der Waals surface area contributed by atoms with E-state index in [1.807, 2.05) is 85.8 Å². The molecule has 5 rings (SSSR count). The molecule has 162 valence electrons. The zero-order chi connectivity index (χ0) is 22.8. The summed E-state index contributed by atoms with van der Waals surface area (Å²) >= 11 is 0. The second-order valence-electron chi connectivity index (χ2n) is 8.09. The van der Waals surface area contributed by atoms with Crippen LogP contribution in [0.3, 0.4) is 0 Å². The molecule has 0 aliphatic carbocycles. The second kappa shape index (κ2) is 8.63. The number of hydrogen-bond acceptors (Lipinski definition) is 3. The lowest BCUT2D eigenvalue weighted by Gasteiger charge is -2.11. The molecule has 33 heavy (non-hydrogen) atoms. The number of aromatic amines is 1. The van der Waals surface area contributed by atoms with Crippen molar-refractivity contribution in [1.29, 1.82) is 0 Å². The Labute approximate surface area is 191 Å². The molecule has 5 nitrogen and oxygen atoms in total. The van der Waals surface area contributed by atoms with Gasteiger partial charge < -0.3 is 10.1 Å². The lowest BCUT2D eigenvalue weighted by Crippen LogP contribution is -2.17. The molecule has 0 bridgehead atoms. The van der Waals surface area contributed by atoms with E-state index in [1.165, 1.54) is 5.56 Å². The molecule has 0 fully saturated rings. The van der Waals surface area contributed by atoms with Crippen molar-refractivity contribution >= 4 is 12.2 Å². The number of aromatic hydroxyl groups is 1. The van der Waals surface area contributed by atoms with E-state index in [9.17, 15) is 9.90 Å². The molecule has 2 heterocycles. The van der Waals surface area contributed by atoms with Gasteiger partial charge in [-0.3, -0.25) is 9.36 Å². The summed E-state index contributed by atoms with van der Waals surface area (Å²) < 4.78 is 1.60. The third-order valence-electron chi connectivity index (χ3n) is 5.62. The van der Waals surface area contributed by atoms with Crippen LogP contribution < -0.4 is 5.56 Å². The number of phenols is 1. The Hall–Kier alpha value is -4.38. The van der Waals surface area contributed by atoms with Crippen molar-refractivity contribution in [2.45, 2.75) is 13.3 Å². The van der Waals surface area contributed by atoms with Gasteiger partial charge in [-0.05, 0) is 54.0 Å². The van der Waals surface area contributed by atoms with Crippen molar-refractivity contribution in [3.63, 3.8) is 0 Å². The fraction of sp³-hybridized carbons (Fsp3) is 0.0714. The van der Waals surface area contributed by atoms with Crippen molar-refractivity contribution in [2.75, 3.05) is 0 Å². The van der Waals surface area contributed by atoms with Crippen molar-refractivity contribution in [1.82, 2.24) is 14.5 Å². The average Bonchev–Trinajstić information content (AvgIpc) is 3.15. The van der Waals surface area contributed by atoms with E-state index < -0.39 is 0 Å². The number of nitrogens with one attached hydrogen (secondary N) is 1. The van der Waals surface area contributed by atoms with Gasteiger partial charge in [0.05, 0.1) is 11.4 Å². The van der Waals surface area contributed by atoms with Crippen LogP contribution in [0.15, 0.2) is 89.9 Å². The molecule has 3 aromatic rings. The number of rotatable bonds is 5. The predicted octanol–water partition coefficient (Wildman–Crippen LogP) is 5.44. The molecular formula is C28H23N3O2. The van der Waals surface area contributed by atoms with Crippen LogP contribution in [0.5, 0.6) is 5.75 Å². The van der Waals surface area contributed by atoms with E-state index in [0.29, 0.717) is 17.9 Å². The minimum absolute atomic E-state index is 0.131. The molecule has 3 aromatic carbocycles. The number of aryl methyl sites for hydroxylation is 1. The zero-order valence-electron chi connectivity index (χ0n) is 18.2. The van der Waals surface area contributed by atoms with Crippen LogP contribution in [0.25, 0.3) is 29.2 Å². The smallest absolute Gasteiger partial charge is 0.278 e. The standard InChI is InChI=1S/C28H23N3O2/c1-19-7-9-21(10-8-19)17-25-28(33)31-18-26(22-12-14-23(32)15-13-22)29-24(27(31)30-25)16-11-20-5-3-2-4-6-20/h2-16,18,29,32H,17H2,1H3/b16-11-. The van der Waals surface area contributed by atoms with E-state index >= 15 is 0 Å². The SMILES string of the molecule is Cc1ccc(Cc2nc3c(/C=C\c4ccccc4)[nH]c(-c4ccc(O)cc4)cn-3c2=O)cc1. The van der Waals surface area contributed by atoms with Crippen LogP contribution >= 0.6 is 0 Å². The Balaban J connectivity index is 1.63. The van der Waals surface area contributed by atoms with Gasteiger partial charge in [0.25, 0.3) is 5.56 Å².